The van der Waals surface area contributed by atoms with Gasteiger partial charge in [-0.1, -0.05) is 35.3 Å². The van der Waals surface area contributed by atoms with Crippen LogP contribution in [0.5, 0.6) is 0 Å². The Labute approximate surface area is 211 Å². The quantitative estimate of drug-likeness (QED) is 0.549. The van der Waals surface area contributed by atoms with Gasteiger partial charge in [0.25, 0.3) is 0 Å². The van der Waals surface area contributed by atoms with E-state index in [-0.39, 0.29) is 18.2 Å². The van der Waals surface area contributed by atoms with Crippen LogP contribution in [0.15, 0.2) is 42.5 Å². The summed E-state index contributed by atoms with van der Waals surface area (Å²) in [7, 11) is 0. The van der Waals surface area contributed by atoms with Crippen molar-refractivity contribution >= 4 is 34.9 Å². The molecule has 0 bridgehead atoms. The highest BCUT2D eigenvalue weighted by Crippen LogP contribution is 2.35. The minimum Gasteiger partial charge on any atom is -0.392 e. The van der Waals surface area contributed by atoms with Gasteiger partial charge in [0.1, 0.15) is 0 Å². The van der Waals surface area contributed by atoms with Crippen LogP contribution in [0.1, 0.15) is 49.1 Å². The van der Waals surface area contributed by atoms with Crippen molar-refractivity contribution in [2.24, 2.45) is 0 Å². The Morgan fingerprint density at radius 3 is 2.50 bits per heavy atom. The van der Waals surface area contributed by atoms with E-state index >= 15 is 0 Å². The standard InChI is InChI=1S/C26H30Cl2N4O2/c27-21-13-22(28)15-23(14-21)30-26(34)32(11-10-31-9-8-25(33)17-31)24-6-4-19(5-7-24)20-3-1-2-18(12-20)16-29/h1-3,12-15,19,24-25,33H,4-11,17H2,(H,30,34)/t19-,24-,25-/m0/s1. The lowest BCUT2D eigenvalue weighted by Crippen LogP contribution is -2.47. The van der Waals surface area contributed by atoms with Crippen LogP contribution in [0, 0.1) is 11.3 Å². The predicted molar refractivity (Wildman–Crippen MR) is 135 cm³/mol. The lowest BCUT2D eigenvalue weighted by Gasteiger charge is -2.38. The molecule has 1 aliphatic heterocycles. The van der Waals surface area contributed by atoms with E-state index in [2.05, 4.69) is 22.4 Å². The molecule has 2 fully saturated rings. The van der Waals surface area contributed by atoms with Gasteiger partial charge in [0.15, 0.2) is 0 Å². The molecule has 1 heterocycles. The molecule has 2 N–H and O–H groups in total. The number of nitrogens with one attached hydrogen (secondary N) is 1. The van der Waals surface area contributed by atoms with Gasteiger partial charge in [0, 0.05) is 48.0 Å². The van der Waals surface area contributed by atoms with Crippen LogP contribution in [-0.4, -0.2) is 59.3 Å². The Balaban J connectivity index is 1.43. The Morgan fingerprint density at radius 2 is 1.85 bits per heavy atom. The Kier molecular flexibility index (Phi) is 8.33. The SMILES string of the molecule is N#Cc1cccc([C@H]2CC[C@H](N(CCN3CC[C@H](O)C3)C(=O)Nc3cc(Cl)cc(Cl)c3)CC2)c1. The highest BCUT2D eigenvalue weighted by atomic mass is 35.5. The number of halogens is 2. The summed E-state index contributed by atoms with van der Waals surface area (Å²) in [6.07, 6.45) is 4.22. The predicted octanol–water partition coefficient (Wildman–Crippen LogP) is 5.49. The van der Waals surface area contributed by atoms with E-state index < -0.39 is 0 Å². The number of rotatable bonds is 6. The van der Waals surface area contributed by atoms with Crippen molar-refractivity contribution in [1.82, 2.24) is 9.80 Å². The number of aliphatic hydroxyl groups is 1. The zero-order chi connectivity index (χ0) is 24.1. The molecule has 1 saturated carbocycles. The summed E-state index contributed by atoms with van der Waals surface area (Å²) in [4.78, 5) is 17.5. The molecule has 0 spiro atoms. The second kappa shape index (κ2) is 11.4. The first-order valence-corrected chi connectivity index (χ1v) is 12.6. The minimum atomic E-state index is -0.282. The number of carbonyl (C=O) groups excluding carboxylic acids is 1. The first kappa shape index (κ1) is 24.8. The molecule has 8 heteroatoms. The van der Waals surface area contributed by atoms with Crippen molar-refractivity contribution in [3.63, 3.8) is 0 Å². The molecular weight excluding hydrogens is 471 g/mol. The highest BCUT2D eigenvalue weighted by Gasteiger charge is 2.31. The molecular formula is C26H30Cl2N4O2. The van der Waals surface area contributed by atoms with Gasteiger partial charge in [-0.15, -0.1) is 0 Å². The summed E-state index contributed by atoms with van der Waals surface area (Å²) in [6, 6.07) is 15.1. The third-order valence-electron chi connectivity index (χ3n) is 6.90. The average molecular weight is 501 g/mol. The molecule has 0 aromatic heterocycles. The van der Waals surface area contributed by atoms with E-state index in [1.165, 1.54) is 5.56 Å². The maximum absolute atomic E-state index is 13.4. The smallest absolute Gasteiger partial charge is 0.322 e. The fourth-order valence-electron chi connectivity index (χ4n) is 5.12. The molecule has 1 aliphatic carbocycles. The molecule has 2 amide bonds. The van der Waals surface area contributed by atoms with E-state index in [4.69, 9.17) is 23.2 Å². The molecule has 34 heavy (non-hydrogen) atoms. The molecule has 1 atom stereocenters. The van der Waals surface area contributed by atoms with Crippen LogP contribution in [0.25, 0.3) is 0 Å². The Hall–Kier alpha value is -2.30. The maximum Gasteiger partial charge on any atom is 0.322 e. The monoisotopic (exact) mass is 500 g/mol. The number of nitriles is 1. The summed E-state index contributed by atoms with van der Waals surface area (Å²) in [6.45, 7) is 2.82. The number of β-amino-alcohol motifs (C(OH)–C–C–N with tert-alkyl or cyclic N) is 1. The summed E-state index contributed by atoms with van der Waals surface area (Å²) in [5.41, 5.74) is 2.47. The highest BCUT2D eigenvalue weighted by molar-refractivity contribution is 6.35. The van der Waals surface area contributed by atoms with E-state index in [1.54, 1.807) is 18.2 Å². The number of urea groups is 1. The number of amides is 2. The number of likely N-dealkylation sites (tertiary alicyclic amines) is 1. The molecule has 2 aromatic rings. The number of hydrogen-bond acceptors (Lipinski definition) is 4. The first-order chi connectivity index (χ1) is 16.4. The number of aliphatic hydroxyl groups excluding tert-OH is 1. The van der Waals surface area contributed by atoms with Crippen molar-refractivity contribution in [3.8, 4) is 6.07 Å². The number of hydrogen-bond donors (Lipinski definition) is 2. The molecule has 0 unspecified atom stereocenters. The Bertz CT molecular complexity index is 1030. The fourth-order valence-corrected chi connectivity index (χ4v) is 5.64. The molecule has 4 rings (SSSR count). The summed E-state index contributed by atoms with van der Waals surface area (Å²) >= 11 is 12.2. The van der Waals surface area contributed by atoms with Crippen molar-refractivity contribution in [1.29, 1.82) is 5.26 Å². The van der Waals surface area contributed by atoms with Crippen LogP contribution in [0.2, 0.25) is 10.0 Å². The van der Waals surface area contributed by atoms with Crippen molar-refractivity contribution < 1.29 is 9.90 Å². The van der Waals surface area contributed by atoms with Gasteiger partial charge < -0.3 is 15.3 Å². The van der Waals surface area contributed by atoms with E-state index in [1.807, 2.05) is 23.1 Å². The molecule has 6 nitrogen and oxygen atoms in total. The van der Waals surface area contributed by atoms with Gasteiger partial charge >= 0.3 is 6.03 Å². The largest absolute Gasteiger partial charge is 0.392 e. The van der Waals surface area contributed by atoms with Gasteiger partial charge in [0.05, 0.1) is 17.7 Å². The maximum atomic E-state index is 13.4. The normalized spacial score (nSPS) is 22.8. The summed E-state index contributed by atoms with van der Waals surface area (Å²) in [5.74, 6) is 0.398. The van der Waals surface area contributed by atoms with Gasteiger partial charge in [-0.3, -0.25) is 4.90 Å². The van der Waals surface area contributed by atoms with Gasteiger partial charge in [-0.25, -0.2) is 4.79 Å². The third-order valence-corrected chi connectivity index (χ3v) is 7.34. The van der Waals surface area contributed by atoms with Gasteiger partial charge in [-0.05, 0) is 73.9 Å². The van der Waals surface area contributed by atoms with Crippen molar-refractivity contribution in [2.45, 2.75) is 50.2 Å². The summed E-state index contributed by atoms with van der Waals surface area (Å²) in [5, 5.41) is 23.0. The second-order valence-electron chi connectivity index (χ2n) is 9.27. The topological polar surface area (TPSA) is 79.6 Å². The molecule has 0 radical (unpaired) electrons. The van der Waals surface area contributed by atoms with Crippen LogP contribution in [0.4, 0.5) is 10.5 Å². The van der Waals surface area contributed by atoms with Gasteiger partial charge in [-0.2, -0.15) is 5.26 Å². The first-order valence-electron chi connectivity index (χ1n) is 11.9. The van der Waals surface area contributed by atoms with Crippen LogP contribution in [-0.2, 0) is 0 Å². The van der Waals surface area contributed by atoms with E-state index in [0.717, 1.165) is 45.2 Å². The molecule has 180 valence electrons. The van der Waals surface area contributed by atoms with Crippen LogP contribution < -0.4 is 5.32 Å². The second-order valence-corrected chi connectivity index (χ2v) is 10.1. The summed E-state index contributed by atoms with van der Waals surface area (Å²) < 4.78 is 0. The number of anilines is 1. The zero-order valence-electron chi connectivity index (χ0n) is 19.1. The number of nitrogens with zero attached hydrogens (tertiary/aromatic N) is 3. The molecule has 2 aliphatic rings. The lowest BCUT2D eigenvalue weighted by atomic mass is 9.81. The van der Waals surface area contributed by atoms with Crippen LogP contribution in [0.3, 0.4) is 0 Å². The molecule has 2 aromatic carbocycles. The minimum absolute atomic E-state index is 0.123. The number of carbonyl (C=O) groups is 1. The lowest BCUT2D eigenvalue weighted by molar-refractivity contribution is 0.143. The van der Waals surface area contributed by atoms with Crippen molar-refractivity contribution in [3.05, 3.63) is 63.6 Å². The van der Waals surface area contributed by atoms with E-state index in [9.17, 15) is 15.2 Å². The fraction of sp³-hybridized carbons (Fsp3) is 0.462. The Morgan fingerprint density at radius 1 is 1.12 bits per heavy atom. The van der Waals surface area contributed by atoms with Crippen molar-refractivity contribution in [2.75, 3.05) is 31.5 Å². The third kappa shape index (κ3) is 6.43. The van der Waals surface area contributed by atoms with Crippen LogP contribution >= 0.6 is 23.2 Å². The average Bonchev–Trinajstić information content (AvgIpc) is 3.24. The number of benzene rings is 2. The zero-order valence-corrected chi connectivity index (χ0v) is 20.6. The van der Waals surface area contributed by atoms with Gasteiger partial charge in [0.2, 0.25) is 0 Å². The molecule has 1 saturated heterocycles. The van der Waals surface area contributed by atoms with E-state index in [0.29, 0.717) is 40.3 Å².